The van der Waals surface area contributed by atoms with Gasteiger partial charge in [-0.3, -0.25) is 14.6 Å². The highest BCUT2D eigenvalue weighted by Crippen LogP contribution is 2.32. The number of benzene rings is 2. The van der Waals surface area contributed by atoms with Gasteiger partial charge >= 0.3 is 0 Å². The minimum atomic E-state index is -0.607. The summed E-state index contributed by atoms with van der Waals surface area (Å²) in [5, 5.41) is 6.34. The largest absolute Gasteiger partial charge is 0.352 e. The Morgan fingerprint density at radius 1 is 1.32 bits per heavy atom. The second kappa shape index (κ2) is 9.03. The van der Waals surface area contributed by atoms with Crippen LogP contribution in [0.3, 0.4) is 0 Å². The molecule has 0 unspecified atom stereocenters. The first kappa shape index (κ1) is 20.1. The third kappa shape index (κ3) is 4.99. The van der Waals surface area contributed by atoms with Gasteiger partial charge in [0, 0.05) is 17.8 Å². The average molecular weight is 405 g/mol. The molecule has 0 heterocycles. The lowest BCUT2D eigenvalue weighted by atomic mass is 10.1. The van der Waals surface area contributed by atoms with E-state index in [2.05, 4.69) is 21.1 Å². The predicted octanol–water partition coefficient (Wildman–Crippen LogP) is 4.67. The van der Waals surface area contributed by atoms with Gasteiger partial charge in [-0.1, -0.05) is 11.6 Å². The van der Waals surface area contributed by atoms with Crippen LogP contribution in [-0.2, 0) is 4.84 Å². The van der Waals surface area contributed by atoms with Crippen LogP contribution in [0.2, 0.25) is 5.02 Å². The van der Waals surface area contributed by atoms with Gasteiger partial charge in [0.25, 0.3) is 5.91 Å². The molecule has 0 radical (unpaired) electrons. The number of hydroxylamine groups is 1. The Kier molecular flexibility index (Phi) is 6.49. The van der Waals surface area contributed by atoms with Crippen LogP contribution < -0.4 is 16.1 Å². The van der Waals surface area contributed by atoms with Crippen LogP contribution in [0.1, 0.15) is 28.8 Å². The van der Waals surface area contributed by atoms with E-state index in [0.717, 1.165) is 18.4 Å². The minimum Gasteiger partial charge on any atom is -0.352 e. The summed E-state index contributed by atoms with van der Waals surface area (Å²) in [5.74, 6) is -0.639. The standard InChI is InChI=1S/C20H22ClFN4O2/c1-12-9-14(21)5-7-16(12)25-19-15(20(27)26-28-10-13-3-4-13)6-8-17(18(19)22)24-11-23-2/h5-9,11,13,25H,3-4,10H2,1-2H3,(H,23,24)(H,26,27). The summed E-state index contributed by atoms with van der Waals surface area (Å²) in [4.78, 5) is 21.6. The van der Waals surface area contributed by atoms with Crippen LogP contribution in [0.5, 0.6) is 0 Å². The Hall–Kier alpha value is -2.64. The zero-order valence-corrected chi connectivity index (χ0v) is 16.4. The molecule has 1 amide bonds. The SMILES string of the molecule is CN=CNc1ccc(C(=O)NOCC2CC2)c(Nc2ccc(Cl)cc2C)c1F. The number of carbonyl (C=O) groups excluding carboxylic acids is 1. The number of halogens is 2. The van der Waals surface area contributed by atoms with Crippen molar-refractivity contribution in [3.05, 3.63) is 52.3 Å². The monoisotopic (exact) mass is 404 g/mol. The molecule has 0 atom stereocenters. The highest BCUT2D eigenvalue weighted by atomic mass is 35.5. The van der Waals surface area contributed by atoms with Crippen molar-refractivity contribution >= 4 is 40.9 Å². The average Bonchev–Trinajstić information content (AvgIpc) is 3.48. The molecular formula is C20H22ClFN4O2. The Morgan fingerprint density at radius 3 is 2.75 bits per heavy atom. The fraction of sp³-hybridized carbons (Fsp3) is 0.300. The molecule has 0 aromatic heterocycles. The Balaban J connectivity index is 1.90. The summed E-state index contributed by atoms with van der Waals surface area (Å²) in [6, 6.07) is 8.19. The van der Waals surface area contributed by atoms with Gasteiger partial charge < -0.3 is 10.6 Å². The van der Waals surface area contributed by atoms with Gasteiger partial charge in [-0.15, -0.1) is 0 Å². The Labute approximate surface area is 168 Å². The highest BCUT2D eigenvalue weighted by Gasteiger charge is 2.23. The van der Waals surface area contributed by atoms with E-state index in [9.17, 15) is 4.79 Å². The summed E-state index contributed by atoms with van der Waals surface area (Å²) in [5.41, 5.74) is 4.20. The normalized spacial score (nSPS) is 13.6. The van der Waals surface area contributed by atoms with Gasteiger partial charge in [-0.25, -0.2) is 9.87 Å². The Bertz CT molecular complexity index is 900. The second-order valence-corrected chi connectivity index (χ2v) is 7.09. The maximum atomic E-state index is 15.1. The van der Waals surface area contributed by atoms with Gasteiger partial charge in [0.05, 0.1) is 29.9 Å². The number of aliphatic imine (C=N–C) groups is 1. The molecule has 0 saturated heterocycles. The molecule has 1 fully saturated rings. The van der Waals surface area contributed by atoms with Crippen molar-refractivity contribution in [2.75, 3.05) is 24.3 Å². The molecule has 0 aliphatic heterocycles. The topological polar surface area (TPSA) is 74.8 Å². The van der Waals surface area contributed by atoms with Crippen LogP contribution in [0.4, 0.5) is 21.5 Å². The quantitative estimate of drug-likeness (QED) is 0.339. The molecule has 6 nitrogen and oxygen atoms in total. The van der Waals surface area contributed by atoms with E-state index in [0.29, 0.717) is 23.2 Å². The fourth-order valence-electron chi connectivity index (χ4n) is 2.60. The fourth-order valence-corrected chi connectivity index (χ4v) is 2.83. The molecule has 28 heavy (non-hydrogen) atoms. The second-order valence-electron chi connectivity index (χ2n) is 6.65. The summed E-state index contributed by atoms with van der Waals surface area (Å²) in [6.45, 7) is 2.30. The maximum Gasteiger partial charge on any atom is 0.277 e. The summed E-state index contributed by atoms with van der Waals surface area (Å²) < 4.78 is 15.1. The third-order valence-electron chi connectivity index (χ3n) is 4.36. The van der Waals surface area contributed by atoms with E-state index in [1.807, 2.05) is 6.92 Å². The van der Waals surface area contributed by atoms with Crippen molar-refractivity contribution in [1.29, 1.82) is 0 Å². The van der Waals surface area contributed by atoms with E-state index in [-0.39, 0.29) is 16.9 Å². The summed E-state index contributed by atoms with van der Waals surface area (Å²) >= 11 is 6.00. The minimum absolute atomic E-state index is 0.0347. The van der Waals surface area contributed by atoms with Gasteiger partial charge in [0.15, 0.2) is 5.82 Å². The predicted molar refractivity (Wildman–Crippen MR) is 110 cm³/mol. The zero-order valence-electron chi connectivity index (χ0n) is 15.7. The van der Waals surface area contributed by atoms with Crippen LogP contribution in [-0.4, -0.2) is 25.9 Å². The molecule has 0 bridgehead atoms. The maximum absolute atomic E-state index is 15.1. The molecule has 1 saturated carbocycles. The smallest absolute Gasteiger partial charge is 0.277 e. The first-order valence-electron chi connectivity index (χ1n) is 8.94. The molecule has 0 spiro atoms. The molecule has 8 heteroatoms. The van der Waals surface area contributed by atoms with Crippen molar-refractivity contribution in [2.24, 2.45) is 10.9 Å². The molecule has 1 aliphatic carbocycles. The van der Waals surface area contributed by atoms with Crippen molar-refractivity contribution in [2.45, 2.75) is 19.8 Å². The summed E-state index contributed by atoms with van der Waals surface area (Å²) in [7, 11) is 1.57. The van der Waals surface area contributed by atoms with E-state index in [1.165, 1.54) is 18.5 Å². The molecule has 2 aromatic rings. The number of hydrogen-bond donors (Lipinski definition) is 3. The molecule has 1 aliphatic rings. The Morgan fingerprint density at radius 2 is 2.07 bits per heavy atom. The van der Waals surface area contributed by atoms with E-state index in [1.54, 1.807) is 25.2 Å². The molecule has 2 aromatic carbocycles. The van der Waals surface area contributed by atoms with Crippen molar-refractivity contribution < 1.29 is 14.0 Å². The van der Waals surface area contributed by atoms with Crippen LogP contribution >= 0.6 is 11.6 Å². The van der Waals surface area contributed by atoms with Crippen molar-refractivity contribution in [1.82, 2.24) is 5.48 Å². The van der Waals surface area contributed by atoms with Gasteiger partial charge in [-0.05, 0) is 61.6 Å². The van der Waals surface area contributed by atoms with Crippen LogP contribution in [0, 0.1) is 18.7 Å². The number of anilines is 3. The highest BCUT2D eigenvalue weighted by molar-refractivity contribution is 6.30. The lowest BCUT2D eigenvalue weighted by Crippen LogP contribution is -2.26. The number of nitrogens with one attached hydrogen (secondary N) is 3. The van der Waals surface area contributed by atoms with E-state index < -0.39 is 11.7 Å². The zero-order chi connectivity index (χ0) is 20.1. The van der Waals surface area contributed by atoms with Gasteiger partial charge in [0.2, 0.25) is 0 Å². The van der Waals surface area contributed by atoms with Crippen LogP contribution in [0.25, 0.3) is 0 Å². The van der Waals surface area contributed by atoms with E-state index in [4.69, 9.17) is 16.4 Å². The number of hydrogen-bond acceptors (Lipinski definition) is 4. The lowest BCUT2D eigenvalue weighted by Gasteiger charge is -2.17. The third-order valence-corrected chi connectivity index (χ3v) is 4.60. The molecule has 148 valence electrons. The lowest BCUT2D eigenvalue weighted by molar-refractivity contribution is 0.0271. The van der Waals surface area contributed by atoms with Crippen molar-refractivity contribution in [3.8, 4) is 0 Å². The number of aryl methyl sites for hydroxylation is 1. The number of nitrogens with zero attached hydrogens (tertiary/aromatic N) is 1. The molecule has 3 rings (SSSR count). The molecule has 3 N–H and O–H groups in total. The first-order valence-corrected chi connectivity index (χ1v) is 9.32. The van der Waals surface area contributed by atoms with E-state index >= 15 is 4.39 Å². The molecular weight excluding hydrogens is 383 g/mol. The van der Waals surface area contributed by atoms with Gasteiger partial charge in [0.1, 0.15) is 0 Å². The number of carbonyl (C=O) groups is 1. The van der Waals surface area contributed by atoms with Gasteiger partial charge in [-0.2, -0.15) is 0 Å². The summed E-state index contributed by atoms with van der Waals surface area (Å²) in [6.07, 6.45) is 3.58. The number of amides is 1. The first-order chi connectivity index (χ1) is 13.5. The van der Waals surface area contributed by atoms with Crippen molar-refractivity contribution in [3.63, 3.8) is 0 Å². The number of rotatable bonds is 8. The van der Waals surface area contributed by atoms with Crippen LogP contribution in [0.15, 0.2) is 35.3 Å².